The first-order chi connectivity index (χ1) is 13.6. The van der Waals surface area contributed by atoms with E-state index in [9.17, 15) is 24.2 Å². The third-order valence-electron chi connectivity index (χ3n) is 4.39. The van der Waals surface area contributed by atoms with Crippen molar-refractivity contribution in [2.24, 2.45) is 11.7 Å². The molecule has 0 spiro atoms. The molecule has 1 rings (SSSR count). The van der Waals surface area contributed by atoms with Crippen molar-refractivity contribution in [3.05, 3.63) is 29.8 Å². The molecule has 7 N–H and O–H groups in total. The smallest absolute Gasteiger partial charge is 0.351 e. The fourth-order valence-electron chi connectivity index (χ4n) is 2.75. The van der Waals surface area contributed by atoms with Gasteiger partial charge in [0.15, 0.2) is 6.10 Å². The average Bonchev–Trinajstić information content (AvgIpc) is 2.64. The summed E-state index contributed by atoms with van der Waals surface area (Å²) in [6.45, 7) is 3.70. The number of nitrogens with two attached hydrogens (primary N) is 2. The predicted molar refractivity (Wildman–Crippen MR) is 111 cm³/mol. The Hall–Kier alpha value is -1.93. The molecule has 0 saturated heterocycles. The summed E-state index contributed by atoms with van der Waals surface area (Å²) in [6.07, 6.45) is 0.195. The number of carbonyl (C=O) groups excluding carboxylic acids is 1. The number of aliphatic carboxylic acids is 1. The first-order valence-electron chi connectivity index (χ1n) is 9.64. The van der Waals surface area contributed by atoms with Gasteiger partial charge in [0.1, 0.15) is 5.78 Å². The van der Waals surface area contributed by atoms with Crippen LogP contribution < -0.4 is 16.8 Å². The summed E-state index contributed by atoms with van der Waals surface area (Å²) in [5.74, 6) is -3.40. The van der Waals surface area contributed by atoms with Gasteiger partial charge in [-0.15, -0.1) is 0 Å². The average molecular weight is 429 g/mol. The van der Waals surface area contributed by atoms with E-state index in [0.29, 0.717) is 31.5 Å². The molecule has 2 unspecified atom stereocenters. The summed E-state index contributed by atoms with van der Waals surface area (Å²) in [4.78, 5) is 34.1. The lowest BCUT2D eigenvalue weighted by atomic mass is 10.1. The molecule has 0 bridgehead atoms. The molecule has 1 amide bonds. The SMILES string of the molecule is CC(C)C(NC(=O)CCc1ccc(N)cc1)P(=O)(O)O[C@H](CCCCN)C(=O)O. The zero-order chi connectivity index (χ0) is 22.0. The van der Waals surface area contributed by atoms with Gasteiger partial charge in [0, 0.05) is 12.1 Å². The number of carbonyl (C=O) groups is 2. The molecule has 0 fully saturated rings. The largest absolute Gasteiger partial charge is 0.479 e. The highest BCUT2D eigenvalue weighted by molar-refractivity contribution is 7.53. The molecule has 0 aliphatic carbocycles. The van der Waals surface area contributed by atoms with Gasteiger partial charge in [-0.1, -0.05) is 26.0 Å². The van der Waals surface area contributed by atoms with Crippen molar-refractivity contribution in [1.82, 2.24) is 5.32 Å². The van der Waals surface area contributed by atoms with Crippen molar-refractivity contribution in [3.8, 4) is 0 Å². The van der Waals surface area contributed by atoms with Crippen molar-refractivity contribution in [2.75, 3.05) is 12.3 Å². The van der Waals surface area contributed by atoms with Gasteiger partial charge < -0.3 is 26.8 Å². The highest BCUT2D eigenvalue weighted by Crippen LogP contribution is 2.50. The second kappa shape index (κ2) is 11.9. The minimum atomic E-state index is -4.43. The van der Waals surface area contributed by atoms with Crippen LogP contribution >= 0.6 is 7.60 Å². The molecule has 1 aromatic carbocycles. The van der Waals surface area contributed by atoms with Gasteiger partial charge in [-0.05, 0) is 55.8 Å². The maximum Gasteiger partial charge on any atom is 0.351 e. The molecule has 10 heteroatoms. The lowest BCUT2D eigenvalue weighted by Gasteiger charge is -2.28. The Morgan fingerprint density at radius 3 is 2.34 bits per heavy atom. The van der Waals surface area contributed by atoms with E-state index in [2.05, 4.69) is 5.32 Å². The molecule has 0 saturated carbocycles. The lowest BCUT2D eigenvalue weighted by Crippen LogP contribution is -2.40. The monoisotopic (exact) mass is 429 g/mol. The molecule has 3 atom stereocenters. The van der Waals surface area contributed by atoms with Gasteiger partial charge in [0.25, 0.3) is 0 Å². The Morgan fingerprint density at radius 1 is 1.21 bits per heavy atom. The first kappa shape index (κ1) is 25.1. The number of nitrogen functional groups attached to an aromatic ring is 1. The lowest BCUT2D eigenvalue weighted by molar-refractivity contribution is -0.145. The molecule has 0 aromatic heterocycles. The number of aryl methyl sites for hydroxylation is 1. The number of rotatable bonds is 13. The second-order valence-corrected chi connectivity index (χ2v) is 9.17. The van der Waals surface area contributed by atoms with Crippen LogP contribution in [0, 0.1) is 5.92 Å². The van der Waals surface area contributed by atoms with E-state index in [0.717, 1.165) is 5.56 Å². The second-order valence-electron chi connectivity index (χ2n) is 7.28. The third-order valence-corrected chi connectivity index (χ3v) is 6.37. The standard InChI is InChI=1S/C19H32N3O6P/c1-13(2)18(22-17(23)11-8-14-6-9-15(21)10-7-14)29(26,27)28-16(19(24)25)5-3-4-12-20/h6-7,9-10,13,16,18H,3-5,8,11-12,20-21H2,1-2H3,(H,22,23)(H,24,25)(H,26,27)/t16-,18?/m1/s1. The van der Waals surface area contributed by atoms with Crippen molar-refractivity contribution in [3.63, 3.8) is 0 Å². The summed E-state index contributed by atoms with van der Waals surface area (Å²) in [7, 11) is -4.43. The van der Waals surface area contributed by atoms with Crippen LogP contribution in [0.1, 0.15) is 45.1 Å². The first-order valence-corrected chi connectivity index (χ1v) is 11.3. The summed E-state index contributed by atoms with van der Waals surface area (Å²) >= 11 is 0. The summed E-state index contributed by atoms with van der Waals surface area (Å²) in [5.41, 5.74) is 12.5. The molecule has 0 heterocycles. The number of amides is 1. The number of anilines is 1. The van der Waals surface area contributed by atoms with Crippen molar-refractivity contribution in [2.45, 2.75) is 57.8 Å². The molecule has 1 aromatic rings. The summed E-state index contributed by atoms with van der Waals surface area (Å²) < 4.78 is 17.9. The van der Waals surface area contributed by atoms with Crippen molar-refractivity contribution < 1.29 is 28.7 Å². The van der Waals surface area contributed by atoms with E-state index in [4.69, 9.17) is 16.0 Å². The minimum absolute atomic E-state index is 0.0625. The zero-order valence-corrected chi connectivity index (χ0v) is 17.8. The molecular formula is C19H32N3O6P. The van der Waals surface area contributed by atoms with E-state index in [1.54, 1.807) is 38.1 Å². The van der Waals surface area contributed by atoms with Crippen LogP contribution in [0.2, 0.25) is 0 Å². The topological polar surface area (TPSA) is 165 Å². The Bertz CT molecular complexity index is 710. The Balaban J connectivity index is 2.74. The van der Waals surface area contributed by atoms with Crippen LogP contribution in [0.15, 0.2) is 24.3 Å². The molecule has 29 heavy (non-hydrogen) atoms. The number of nitrogens with one attached hydrogen (secondary N) is 1. The van der Waals surface area contributed by atoms with E-state index >= 15 is 0 Å². The Morgan fingerprint density at radius 2 is 1.83 bits per heavy atom. The maximum atomic E-state index is 12.8. The van der Waals surface area contributed by atoms with Gasteiger partial charge in [-0.25, -0.2) is 4.79 Å². The molecule has 0 aliphatic rings. The van der Waals surface area contributed by atoms with Gasteiger partial charge in [-0.2, -0.15) is 0 Å². The fraction of sp³-hybridized carbons (Fsp3) is 0.579. The van der Waals surface area contributed by atoms with Crippen LogP contribution in [0.5, 0.6) is 0 Å². The van der Waals surface area contributed by atoms with Crippen LogP contribution in [0.3, 0.4) is 0 Å². The molecule has 9 nitrogen and oxygen atoms in total. The number of carboxylic acids is 1. The molecular weight excluding hydrogens is 397 g/mol. The van der Waals surface area contributed by atoms with Gasteiger partial charge >= 0.3 is 13.6 Å². The number of carboxylic acid groups (broad SMARTS) is 1. The number of hydrogen-bond donors (Lipinski definition) is 5. The number of unbranched alkanes of at least 4 members (excludes halogenated alkanes) is 1. The predicted octanol–water partition coefficient (Wildman–Crippen LogP) is 2.08. The Labute approximate surface area is 171 Å². The quantitative estimate of drug-likeness (QED) is 0.181. The third kappa shape index (κ3) is 8.95. The van der Waals surface area contributed by atoms with Gasteiger partial charge in [0.2, 0.25) is 5.91 Å². The van der Waals surface area contributed by atoms with E-state index < -0.39 is 37.3 Å². The van der Waals surface area contributed by atoms with Crippen LogP contribution in [-0.4, -0.2) is 40.3 Å². The summed E-state index contributed by atoms with van der Waals surface area (Å²) in [6, 6.07) is 7.08. The van der Waals surface area contributed by atoms with E-state index in [1.807, 2.05) is 0 Å². The van der Waals surface area contributed by atoms with Crippen LogP contribution in [0.4, 0.5) is 5.69 Å². The van der Waals surface area contributed by atoms with E-state index in [1.165, 1.54) is 0 Å². The molecule has 0 radical (unpaired) electrons. The fourth-order valence-corrected chi connectivity index (χ4v) is 4.50. The molecule has 164 valence electrons. The maximum absolute atomic E-state index is 12.8. The van der Waals surface area contributed by atoms with E-state index in [-0.39, 0.29) is 12.8 Å². The van der Waals surface area contributed by atoms with Gasteiger partial charge in [-0.3, -0.25) is 13.9 Å². The van der Waals surface area contributed by atoms with Crippen LogP contribution in [0.25, 0.3) is 0 Å². The zero-order valence-electron chi connectivity index (χ0n) is 16.9. The van der Waals surface area contributed by atoms with Crippen molar-refractivity contribution >= 4 is 25.2 Å². The molecule has 0 aliphatic heterocycles. The Kier molecular flexibility index (Phi) is 10.3. The highest BCUT2D eigenvalue weighted by atomic mass is 31.2. The normalized spacial score (nSPS) is 15.5. The van der Waals surface area contributed by atoms with Crippen LogP contribution in [-0.2, 0) is 25.1 Å². The number of benzene rings is 1. The highest BCUT2D eigenvalue weighted by Gasteiger charge is 2.40. The van der Waals surface area contributed by atoms with Gasteiger partial charge in [0.05, 0.1) is 0 Å². The summed E-state index contributed by atoms with van der Waals surface area (Å²) in [5, 5.41) is 11.8. The van der Waals surface area contributed by atoms with Crippen molar-refractivity contribution in [1.29, 1.82) is 0 Å². The minimum Gasteiger partial charge on any atom is -0.479 e. The number of hydrogen-bond acceptors (Lipinski definition) is 6.